The minimum Gasteiger partial charge on any atom is -0.353 e. The Morgan fingerprint density at radius 1 is 1.19 bits per heavy atom. The molecule has 0 radical (unpaired) electrons. The predicted molar refractivity (Wildman–Crippen MR) is 91.4 cm³/mol. The van der Waals surface area contributed by atoms with E-state index in [1.165, 1.54) is 9.80 Å². The maximum absolute atomic E-state index is 13.6. The molecule has 3 rings (SSSR count). The van der Waals surface area contributed by atoms with Crippen molar-refractivity contribution in [3.8, 4) is 0 Å². The van der Waals surface area contributed by atoms with Crippen LogP contribution < -0.4 is 0 Å². The molecule has 26 heavy (non-hydrogen) atoms. The second kappa shape index (κ2) is 7.31. The fourth-order valence-electron chi connectivity index (χ4n) is 3.89. The molecule has 1 aromatic rings. The molecular weight excluding hydrogens is 342 g/mol. The van der Waals surface area contributed by atoms with Gasteiger partial charge in [-0.2, -0.15) is 0 Å². The molecule has 1 aromatic carbocycles. The van der Waals surface area contributed by atoms with Gasteiger partial charge in [-0.3, -0.25) is 14.5 Å². The van der Waals surface area contributed by atoms with Crippen molar-refractivity contribution < 1.29 is 23.1 Å². The number of hydrogen-bond donors (Lipinski definition) is 0. The van der Waals surface area contributed by atoms with Gasteiger partial charge in [0.1, 0.15) is 23.4 Å². The van der Waals surface area contributed by atoms with Crippen molar-refractivity contribution in [1.82, 2.24) is 9.80 Å². The van der Waals surface area contributed by atoms with Crippen LogP contribution in [0.15, 0.2) is 18.2 Å². The highest BCUT2D eigenvalue weighted by molar-refractivity contribution is 5.98. The highest BCUT2D eigenvalue weighted by Crippen LogP contribution is 2.41. The molecule has 142 valence electrons. The van der Waals surface area contributed by atoms with Crippen LogP contribution in [0, 0.1) is 11.6 Å². The van der Waals surface area contributed by atoms with Crippen molar-refractivity contribution in [2.45, 2.75) is 50.8 Å². The first-order valence-electron chi connectivity index (χ1n) is 9.06. The summed E-state index contributed by atoms with van der Waals surface area (Å²) in [5.41, 5.74) is -0.970. The number of halogens is 2. The first kappa shape index (κ1) is 18.8. The Balaban J connectivity index is 2.00. The number of carbonyl (C=O) groups excluding carboxylic acids is 2. The van der Waals surface area contributed by atoms with Crippen LogP contribution in [0.3, 0.4) is 0 Å². The van der Waals surface area contributed by atoms with Gasteiger partial charge in [0.25, 0.3) is 5.91 Å². The zero-order chi connectivity index (χ0) is 18.9. The van der Waals surface area contributed by atoms with Gasteiger partial charge >= 0.3 is 0 Å². The Kier molecular flexibility index (Phi) is 5.27. The van der Waals surface area contributed by atoms with Gasteiger partial charge in [0, 0.05) is 25.2 Å². The van der Waals surface area contributed by atoms with Crippen LogP contribution in [0.1, 0.15) is 49.4 Å². The fourth-order valence-corrected chi connectivity index (χ4v) is 3.89. The van der Waals surface area contributed by atoms with Crippen molar-refractivity contribution in [3.63, 3.8) is 0 Å². The molecule has 1 unspecified atom stereocenters. The van der Waals surface area contributed by atoms with E-state index in [1.54, 1.807) is 7.05 Å². The quantitative estimate of drug-likeness (QED) is 0.826. The summed E-state index contributed by atoms with van der Waals surface area (Å²) >= 11 is 0. The Hall–Kier alpha value is -2.02. The fraction of sp³-hybridized carbons (Fsp3) is 0.579. The van der Waals surface area contributed by atoms with Gasteiger partial charge in [0.05, 0.1) is 6.61 Å². The topological polar surface area (TPSA) is 49.9 Å². The molecule has 1 aliphatic heterocycles. The van der Waals surface area contributed by atoms with E-state index in [0.29, 0.717) is 19.4 Å². The van der Waals surface area contributed by atoms with Crippen LogP contribution in [0.2, 0.25) is 0 Å². The molecule has 1 heterocycles. The average Bonchev–Trinajstić information content (AvgIpc) is 2.97. The first-order valence-corrected chi connectivity index (χ1v) is 9.06. The molecular formula is C19H24F2N2O3. The number of hydrogen-bond acceptors (Lipinski definition) is 3. The molecule has 0 bridgehead atoms. The van der Waals surface area contributed by atoms with Gasteiger partial charge in [-0.1, -0.05) is 6.42 Å². The van der Waals surface area contributed by atoms with Crippen molar-refractivity contribution in [1.29, 1.82) is 0 Å². The Morgan fingerprint density at radius 2 is 1.81 bits per heavy atom. The lowest BCUT2D eigenvalue weighted by Crippen LogP contribution is -2.56. The molecule has 2 aliphatic rings. The van der Waals surface area contributed by atoms with Gasteiger partial charge in [-0.25, -0.2) is 8.78 Å². The standard InChI is InChI=1S/C19H24F2N2O3/c1-3-22(2)18(25)16-12-26-19(7-5-4-6-8-19)23(16)17(24)13-9-14(20)11-15(21)10-13/h9-11,16H,3-8,12H2,1-2H3. The van der Waals surface area contributed by atoms with Crippen LogP contribution in [0.4, 0.5) is 8.78 Å². The smallest absolute Gasteiger partial charge is 0.257 e. The van der Waals surface area contributed by atoms with E-state index in [1.807, 2.05) is 6.92 Å². The summed E-state index contributed by atoms with van der Waals surface area (Å²) in [5, 5.41) is 0. The normalized spacial score (nSPS) is 21.8. The monoisotopic (exact) mass is 366 g/mol. The number of nitrogens with zero attached hydrogens (tertiary/aromatic N) is 2. The van der Waals surface area contributed by atoms with E-state index >= 15 is 0 Å². The zero-order valence-electron chi connectivity index (χ0n) is 15.1. The number of amides is 2. The molecule has 1 aliphatic carbocycles. The summed E-state index contributed by atoms with van der Waals surface area (Å²) in [6.45, 7) is 2.45. The van der Waals surface area contributed by atoms with Crippen molar-refractivity contribution in [2.24, 2.45) is 0 Å². The minimum absolute atomic E-state index is 0.102. The third kappa shape index (κ3) is 3.32. The number of ether oxygens (including phenoxy) is 1. The molecule has 1 spiro atoms. The molecule has 2 amide bonds. The van der Waals surface area contributed by atoms with Crippen molar-refractivity contribution >= 4 is 11.8 Å². The minimum atomic E-state index is -0.868. The maximum Gasteiger partial charge on any atom is 0.257 e. The largest absolute Gasteiger partial charge is 0.353 e. The second-order valence-electron chi connectivity index (χ2n) is 7.02. The highest BCUT2D eigenvalue weighted by atomic mass is 19.1. The molecule has 7 heteroatoms. The van der Waals surface area contributed by atoms with Gasteiger partial charge < -0.3 is 9.64 Å². The Morgan fingerprint density at radius 3 is 2.38 bits per heavy atom. The van der Waals surface area contributed by atoms with E-state index < -0.39 is 29.3 Å². The van der Waals surface area contributed by atoms with Crippen LogP contribution >= 0.6 is 0 Å². The van der Waals surface area contributed by atoms with Gasteiger partial charge in [-0.05, 0) is 44.7 Å². The lowest BCUT2D eigenvalue weighted by atomic mass is 9.89. The summed E-state index contributed by atoms with van der Waals surface area (Å²) in [6.07, 6.45) is 4.04. The summed E-state index contributed by atoms with van der Waals surface area (Å²) in [6, 6.07) is 1.95. The molecule has 2 fully saturated rings. The Labute approximate surface area is 151 Å². The second-order valence-corrected chi connectivity index (χ2v) is 7.02. The molecule has 1 saturated heterocycles. The maximum atomic E-state index is 13.6. The van der Waals surface area contributed by atoms with E-state index in [9.17, 15) is 18.4 Å². The van der Waals surface area contributed by atoms with E-state index in [4.69, 9.17) is 4.74 Å². The average molecular weight is 366 g/mol. The third-order valence-electron chi connectivity index (χ3n) is 5.36. The van der Waals surface area contributed by atoms with Gasteiger partial charge in [-0.15, -0.1) is 0 Å². The van der Waals surface area contributed by atoms with Crippen LogP contribution in [-0.4, -0.2) is 53.6 Å². The van der Waals surface area contributed by atoms with Crippen molar-refractivity contribution in [3.05, 3.63) is 35.4 Å². The highest BCUT2D eigenvalue weighted by Gasteiger charge is 2.53. The number of likely N-dealkylation sites (N-methyl/N-ethyl adjacent to an activating group) is 1. The lowest BCUT2D eigenvalue weighted by Gasteiger charge is -2.42. The van der Waals surface area contributed by atoms with Crippen LogP contribution in [0.5, 0.6) is 0 Å². The molecule has 0 N–H and O–H groups in total. The summed E-state index contributed by atoms with van der Waals surface area (Å²) < 4.78 is 33.3. The summed E-state index contributed by atoms with van der Waals surface area (Å²) in [7, 11) is 1.67. The molecule has 1 atom stereocenters. The van der Waals surface area contributed by atoms with Crippen LogP contribution in [0.25, 0.3) is 0 Å². The predicted octanol–water partition coefficient (Wildman–Crippen LogP) is 2.94. The van der Waals surface area contributed by atoms with Gasteiger partial charge in [0.15, 0.2) is 0 Å². The number of carbonyl (C=O) groups is 2. The lowest BCUT2D eigenvalue weighted by molar-refractivity contribution is -0.135. The van der Waals surface area contributed by atoms with Gasteiger partial charge in [0.2, 0.25) is 5.91 Å². The Bertz CT molecular complexity index is 684. The first-order chi connectivity index (χ1) is 12.4. The molecule has 0 aromatic heterocycles. The SMILES string of the molecule is CCN(C)C(=O)C1COC2(CCCCC2)N1C(=O)c1cc(F)cc(F)c1. The van der Waals surface area contributed by atoms with Crippen LogP contribution in [-0.2, 0) is 9.53 Å². The van der Waals surface area contributed by atoms with E-state index in [0.717, 1.165) is 37.5 Å². The number of benzene rings is 1. The third-order valence-corrected chi connectivity index (χ3v) is 5.36. The van der Waals surface area contributed by atoms with Crippen molar-refractivity contribution in [2.75, 3.05) is 20.2 Å². The summed E-state index contributed by atoms with van der Waals surface area (Å²) in [4.78, 5) is 28.9. The summed E-state index contributed by atoms with van der Waals surface area (Å²) in [5.74, 6) is -2.43. The zero-order valence-corrected chi connectivity index (χ0v) is 15.1. The number of rotatable bonds is 3. The molecule has 5 nitrogen and oxygen atoms in total. The van der Waals surface area contributed by atoms with E-state index in [2.05, 4.69) is 0 Å². The molecule has 1 saturated carbocycles. The van der Waals surface area contributed by atoms with E-state index in [-0.39, 0.29) is 18.1 Å².